The molecule has 0 saturated carbocycles. The Morgan fingerprint density at radius 3 is 2.54 bits per heavy atom. The number of carbonyl (C=O) groups is 1. The molecule has 0 aliphatic carbocycles. The quantitative estimate of drug-likeness (QED) is 0.828. The van der Waals surface area contributed by atoms with E-state index in [2.05, 4.69) is 22.9 Å². The van der Waals surface area contributed by atoms with Crippen molar-refractivity contribution < 1.29 is 9.53 Å². The maximum absolute atomic E-state index is 13.1. The Kier molecular flexibility index (Phi) is 5.22. The van der Waals surface area contributed by atoms with E-state index in [9.17, 15) is 4.79 Å². The number of piperidine rings is 1. The van der Waals surface area contributed by atoms with Crippen LogP contribution in [0, 0.1) is 5.92 Å². The normalized spacial score (nSPS) is 19.0. The van der Waals surface area contributed by atoms with E-state index in [4.69, 9.17) is 4.74 Å². The highest BCUT2D eigenvalue weighted by atomic mass is 32.1. The third-order valence-electron chi connectivity index (χ3n) is 5.28. The van der Waals surface area contributed by atoms with E-state index in [0.29, 0.717) is 0 Å². The summed E-state index contributed by atoms with van der Waals surface area (Å²) in [7, 11) is 0. The van der Waals surface area contributed by atoms with Gasteiger partial charge in [-0.15, -0.1) is 11.3 Å². The van der Waals surface area contributed by atoms with Crippen LogP contribution in [-0.4, -0.2) is 55.2 Å². The lowest BCUT2D eigenvalue weighted by Crippen LogP contribution is -2.37. The number of amides is 1. The van der Waals surface area contributed by atoms with Crippen LogP contribution in [0.4, 0.5) is 5.00 Å². The van der Waals surface area contributed by atoms with Crippen LogP contribution >= 0.6 is 11.3 Å². The van der Waals surface area contributed by atoms with Gasteiger partial charge in [-0.3, -0.25) is 9.78 Å². The molecule has 0 bridgehead atoms. The number of morpholine rings is 1. The van der Waals surface area contributed by atoms with Gasteiger partial charge >= 0.3 is 0 Å². The van der Waals surface area contributed by atoms with Gasteiger partial charge in [0.05, 0.1) is 23.1 Å². The number of rotatable bonds is 3. The summed E-state index contributed by atoms with van der Waals surface area (Å²) in [6, 6.07) is 6.11. The molecule has 4 heterocycles. The molecule has 26 heavy (non-hydrogen) atoms. The van der Waals surface area contributed by atoms with Crippen molar-refractivity contribution in [2.24, 2.45) is 5.92 Å². The molecule has 0 aromatic carbocycles. The Morgan fingerprint density at radius 1 is 1.15 bits per heavy atom. The molecule has 4 rings (SSSR count). The van der Waals surface area contributed by atoms with E-state index in [-0.39, 0.29) is 5.91 Å². The topological polar surface area (TPSA) is 45.7 Å². The maximum atomic E-state index is 13.1. The molecule has 2 aliphatic rings. The van der Waals surface area contributed by atoms with E-state index >= 15 is 0 Å². The summed E-state index contributed by atoms with van der Waals surface area (Å²) in [5.74, 6) is 0.899. The summed E-state index contributed by atoms with van der Waals surface area (Å²) in [6.07, 6.45) is 5.82. The van der Waals surface area contributed by atoms with Crippen molar-refractivity contribution in [1.82, 2.24) is 9.88 Å². The fourth-order valence-electron chi connectivity index (χ4n) is 3.59. The van der Waals surface area contributed by atoms with Crippen molar-refractivity contribution in [3.05, 3.63) is 35.5 Å². The van der Waals surface area contributed by atoms with Crippen molar-refractivity contribution >= 4 is 22.2 Å². The number of ether oxygens (including phenoxy) is 1. The van der Waals surface area contributed by atoms with Gasteiger partial charge in [-0.2, -0.15) is 0 Å². The number of likely N-dealkylation sites (tertiary alicyclic amines) is 1. The van der Waals surface area contributed by atoms with E-state index in [1.165, 1.54) is 5.00 Å². The van der Waals surface area contributed by atoms with Crippen LogP contribution in [0.3, 0.4) is 0 Å². The fraction of sp³-hybridized carbons (Fsp3) is 0.500. The van der Waals surface area contributed by atoms with Gasteiger partial charge in [0.1, 0.15) is 0 Å². The second kappa shape index (κ2) is 7.76. The van der Waals surface area contributed by atoms with Crippen LogP contribution in [0.5, 0.6) is 0 Å². The highest BCUT2D eigenvalue weighted by molar-refractivity contribution is 7.18. The summed E-state index contributed by atoms with van der Waals surface area (Å²) >= 11 is 1.62. The second-order valence-electron chi connectivity index (χ2n) is 7.14. The summed E-state index contributed by atoms with van der Waals surface area (Å²) in [5.41, 5.74) is 2.25. The van der Waals surface area contributed by atoms with E-state index in [1.807, 2.05) is 29.4 Å². The molecular formula is C20H25N3O2S. The Balaban J connectivity index is 1.65. The number of aromatic nitrogens is 1. The van der Waals surface area contributed by atoms with Gasteiger partial charge in [-0.25, -0.2) is 0 Å². The van der Waals surface area contributed by atoms with Crippen LogP contribution in [-0.2, 0) is 4.74 Å². The van der Waals surface area contributed by atoms with Crippen molar-refractivity contribution in [2.75, 3.05) is 44.3 Å². The molecule has 5 nitrogen and oxygen atoms in total. The number of anilines is 1. The van der Waals surface area contributed by atoms with Crippen LogP contribution in [0.1, 0.15) is 29.4 Å². The molecule has 0 atom stereocenters. The van der Waals surface area contributed by atoms with Gasteiger partial charge in [0.2, 0.25) is 0 Å². The first-order valence-electron chi connectivity index (χ1n) is 9.38. The first-order chi connectivity index (χ1) is 12.7. The van der Waals surface area contributed by atoms with Crippen molar-refractivity contribution in [1.29, 1.82) is 0 Å². The standard InChI is InChI=1S/C20H25N3O2S/c1-15-4-8-22(9-5-15)19(24)18-14-17(16-2-6-21-7-3-16)20(26-18)23-10-12-25-13-11-23/h2-3,6-7,14-15H,4-5,8-13H2,1H3. The van der Waals surface area contributed by atoms with E-state index in [0.717, 1.165) is 74.2 Å². The number of thiophene rings is 1. The lowest BCUT2D eigenvalue weighted by Gasteiger charge is -2.30. The van der Waals surface area contributed by atoms with Crippen LogP contribution in [0.15, 0.2) is 30.6 Å². The predicted molar refractivity (Wildman–Crippen MR) is 105 cm³/mol. The highest BCUT2D eigenvalue weighted by Crippen LogP contribution is 2.40. The lowest BCUT2D eigenvalue weighted by atomic mass is 9.99. The van der Waals surface area contributed by atoms with Crippen molar-refractivity contribution in [3.8, 4) is 11.1 Å². The van der Waals surface area contributed by atoms with Gasteiger partial charge in [0.15, 0.2) is 0 Å². The molecule has 0 unspecified atom stereocenters. The predicted octanol–water partition coefficient (Wildman–Crippen LogP) is 3.52. The molecule has 2 aromatic heterocycles. The van der Waals surface area contributed by atoms with Crippen LogP contribution in [0.2, 0.25) is 0 Å². The minimum absolute atomic E-state index is 0.178. The summed E-state index contributed by atoms with van der Waals surface area (Å²) in [6.45, 7) is 7.22. The number of carbonyl (C=O) groups excluding carboxylic acids is 1. The molecule has 2 saturated heterocycles. The van der Waals surface area contributed by atoms with Gasteiger partial charge < -0.3 is 14.5 Å². The van der Waals surface area contributed by atoms with E-state index in [1.54, 1.807) is 11.3 Å². The minimum atomic E-state index is 0.178. The zero-order chi connectivity index (χ0) is 17.9. The highest BCUT2D eigenvalue weighted by Gasteiger charge is 2.26. The SMILES string of the molecule is CC1CCN(C(=O)c2cc(-c3ccncc3)c(N3CCOCC3)s2)CC1. The average molecular weight is 372 g/mol. The Hall–Kier alpha value is -1.92. The lowest BCUT2D eigenvalue weighted by molar-refractivity contribution is 0.0702. The van der Waals surface area contributed by atoms with Gasteiger partial charge in [0.25, 0.3) is 5.91 Å². The van der Waals surface area contributed by atoms with Gasteiger partial charge in [-0.1, -0.05) is 6.92 Å². The minimum Gasteiger partial charge on any atom is -0.378 e. The molecule has 2 aromatic rings. The fourth-order valence-corrected chi connectivity index (χ4v) is 4.79. The average Bonchev–Trinajstić information content (AvgIpc) is 3.15. The van der Waals surface area contributed by atoms with Gasteiger partial charge in [-0.05, 0) is 42.5 Å². The van der Waals surface area contributed by atoms with Crippen molar-refractivity contribution in [3.63, 3.8) is 0 Å². The number of hydrogen-bond donors (Lipinski definition) is 0. The summed E-state index contributed by atoms with van der Waals surface area (Å²) in [4.78, 5) is 22.4. The first-order valence-corrected chi connectivity index (χ1v) is 10.2. The largest absolute Gasteiger partial charge is 0.378 e. The Bertz CT molecular complexity index is 748. The third kappa shape index (κ3) is 3.62. The Labute approximate surface area is 158 Å². The molecule has 2 fully saturated rings. The van der Waals surface area contributed by atoms with Crippen molar-refractivity contribution in [2.45, 2.75) is 19.8 Å². The number of hydrogen-bond acceptors (Lipinski definition) is 5. The molecule has 6 heteroatoms. The number of nitrogens with zero attached hydrogens (tertiary/aromatic N) is 3. The summed E-state index contributed by atoms with van der Waals surface area (Å²) < 4.78 is 5.50. The molecule has 0 spiro atoms. The Morgan fingerprint density at radius 2 is 1.85 bits per heavy atom. The van der Waals surface area contributed by atoms with Crippen LogP contribution < -0.4 is 4.90 Å². The monoisotopic (exact) mass is 371 g/mol. The molecule has 0 N–H and O–H groups in total. The molecular weight excluding hydrogens is 346 g/mol. The first kappa shape index (κ1) is 17.5. The molecule has 0 radical (unpaired) electrons. The summed E-state index contributed by atoms with van der Waals surface area (Å²) in [5, 5.41) is 1.17. The van der Waals surface area contributed by atoms with Gasteiger partial charge in [0, 0.05) is 44.1 Å². The van der Waals surface area contributed by atoms with Crippen LogP contribution in [0.25, 0.3) is 11.1 Å². The van der Waals surface area contributed by atoms with E-state index < -0.39 is 0 Å². The number of pyridine rings is 1. The molecule has 1 amide bonds. The zero-order valence-electron chi connectivity index (χ0n) is 15.2. The molecule has 138 valence electrons. The zero-order valence-corrected chi connectivity index (χ0v) is 16.0. The second-order valence-corrected chi connectivity index (χ2v) is 8.17. The molecule has 2 aliphatic heterocycles. The smallest absolute Gasteiger partial charge is 0.264 e. The maximum Gasteiger partial charge on any atom is 0.264 e. The third-order valence-corrected chi connectivity index (χ3v) is 6.47.